The van der Waals surface area contributed by atoms with Crippen molar-refractivity contribution in [2.75, 3.05) is 13.1 Å². The molecule has 0 N–H and O–H groups in total. The van der Waals surface area contributed by atoms with Crippen molar-refractivity contribution >= 4 is 12.1 Å². The summed E-state index contributed by atoms with van der Waals surface area (Å²) >= 11 is 0. The molecule has 0 bridgehead atoms. The molecule has 30 heavy (non-hydrogen) atoms. The van der Waals surface area contributed by atoms with Crippen molar-refractivity contribution in [1.82, 2.24) is 15.1 Å². The standard InChI is InChI=1S/C21H26FN3O5/c1-13(17-23-24-18(29-17)14-5-7-16(22)8-6-14)28-19(26)15-9-11-25(12-10-15)20(27)30-21(2,3)4/h5-8,13,15H,9-12H2,1-4H3/t13-/m0/s1. The van der Waals surface area contributed by atoms with Gasteiger partial charge < -0.3 is 18.8 Å². The van der Waals surface area contributed by atoms with Crippen molar-refractivity contribution in [1.29, 1.82) is 0 Å². The van der Waals surface area contributed by atoms with Crippen LogP contribution in [0.2, 0.25) is 0 Å². The molecule has 0 spiro atoms. The quantitative estimate of drug-likeness (QED) is 0.688. The molecule has 162 valence electrons. The van der Waals surface area contributed by atoms with Crippen LogP contribution < -0.4 is 0 Å². The number of likely N-dealkylation sites (tertiary alicyclic amines) is 1. The summed E-state index contributed by atoms with van der Waals surface area (Å²) in [5, 5.41) is 7.85. The Morgan fingerprint density at radius 1 is 1.17 bits per heavy atom. The maximum absolute atomic E-state index is 13.0. The maximum atomic E-state index is 13.0. The number of ether oxygens (including phenoxy) is 2. The van der Waals surface area contributed by atoms with Gasteiger partial charge in [0.25, 0.3) is 5.89 Å². The van der Waals surface area contributed by atoms with Crippen LogP contribution in [0.1, 0.15) is 52.5 Å². The zero-order valence-corrected chi connectivity index (χ0v) is 17.6. The first-order valence-electron chi connectivity index (χ1n) is 9.90. The Kier molecular flexibility index (Phi) is 6.38. The molecule has 2 heterocycles. The largest absolute Gasteiger partial charge is 0.452 e. The van der Waals surface area contributed by atoms with Gasteiger partial charge in [-0.05, 0) is 64.8 Å². The minimum atomic E-state index is -0.719. The molecule has 2 aromatic rings. The van der Waals surface area contributed by atoms with Gasteiger partial charge in [0, 0.05) is 18.7 Å². The number of halogens is 1. The molecule has 1 aliphatic rings. The number of rotatable bonds is 4. The van der Waals surface area contributed by atoms with E-state index in [0.717, 1.165) is 0 Å². The van der Waals surface area contributed by atoms with Crippen molar-refractivity contribution in [3.8, 4) is 11.5 Å². The fourth-order valence-corrected chi connectivity index (χ4v) is 3.05. The molecule has 8 nitrogen and oxygen atoms in total. The van der Waals surface area contributed by atoms with Crippen LogP contribution in [-0.2, 0) is 14.3 Å². The number of hydrogen-bond donors (Lipinski definition) is 0. The highest BCUT2D eigenvalue weighted by molar-refractivity contribution is 5.74. The lowest BCUT2D eigenvalue weighted by atomic mass is 9.97. The summed E-state index contributed by atoms with van der Waals surface area (Å²) < 4.78 is 29.5. The highest BCUT2D eigenvalue weighted by atomic mass is 19.1. The fraction of sp³-hybridized carbons (Fsp3) is 0.524. The molecule has 9 heteroatoms. The van der Waals surface area contributed by atoms with Gasteiger partial charge in [-0.15, -0.1) is 10.2 Å². The van der Waals surface area contributed by atoms with Crippen LogP contribution in [0.3, 0.4) is 0 Å². The van der Waals surface area contributed by atoms with Crippen LogP contribution in [0.25, 0.3) is 11.5 Å². The van der Waals surface area contributed by atoms with Crippen molar-refractivity contribution in [2.24, 2.45) is 5.92 Å². The van der Waals surface area contributed by atoms with Crippen LogP contribution in [0, 0.1) is 11.7 Å². The van der Waals surface area contributed by atoms with Gasteiger partial charge in [0.15, 0.2) is 6.10 Å². The summed E-state index contributed by atoms with van der Waals surface area (Å²) in [4.78, 5) is 26.2. The van der Waals surface area contributed by atoms with Gasteiger partial charge in [-0.25, -0.2) is 9.18 Å². The smallest absolute Gasteiger partial charge is 0.410 e. The van der Waals surface area contributed by atoms with Crippen molar-refractivity contribution in [2.45, 2.75) is 52.2 Å². The second-order valence-corrected chi connectivity index (χ2v) is 8.27. The topological polar surface area (TPSA) is 94.8 Å². The molecule has 1 aromatic carbocycles. The van der Waals surface area contributed by atoms with Crippen molar-refractivity contribution < 1.29 is 27.9 Å². The fourth-order valence-electron chi connectivity index (χ4n) is 3.05. The van der Waals surface area contributed by atoms with E-state index in [1.54, 1.807) is 11.8 Å². The van der Waals surface area contributed by atoms with E-state index in [1.807, 2.05) is 20.8 Å². The van der Waals surface area contributed by atoms with E-state index in [0.29, 0.717) is 31.5 Å². The minimum absolute atomic E-state index is 0.161. The van der Waals surface area contributed by atoms with E-state index in [2.05, 4.69) is 10.2 Å². The minimum Gasteiger partial charge on any atom is -0.452 e. The zero-order chi connectivity index (χ0) is 21.9. The number of hydrogen-bond acceptors (Lipinski definition) is 7. The molecule has 0 radical (unpaired) electrons. The average molecular weight is 419 g/mol. The van der Waals surface area contributed by atoms with Gasteiger partial charge in [0.1, 0.15) is 11.4 Å². The predicted octanol–water partition coefficient (Wildman–Crippen LogP) is 4.13. The molecule has 3 rings (SSSR count). The Labute approximate surface area is 174 Å². The lowest BCUT2D eigenvalue weighted by Gasteiger charge is -2.32. The number of carbonyl (C=O) groups is 2. The number of nitrogens with zero attached hydrogens (tertiary/aromatic N) is 3. The number of aromatic nitrogens is 2. The predicted molar refractivity (Wildman–Crippen MR) is 105 cm³/mol. The molecule has 1 atom stereocenters. The summed E-state index contributed by atoms with van der Waals surface area (Å²) in [7, 11) is 0. The van der Waals surface area contributed by atoms with E-state index in [4.69, 9.17) is 13.9 Å². The first-order valence-corrected chi connectivity index (χ1v) is 9.90. The lowest BCUT2D eigenvalue weighted by molar-refractivity contribution is -0.156. The van der Waals surface area contributed by atoms with Crippen LogP contribution >= 0.6 is 0 Å². The van der Waals surface area contributed by atoms with Crippen molar-refractivity contribution in [3.05, 3.63) is 36.0 Å². The number of esters is 1. The molecule has 1 amide bonds. The Morgan fingerprint density at radius 2 is 1.80 bits per heavy atom. The Morgan fingerprint density at radius 3 is 2.40 bits per heavy atom. The Balaban J connectivity index is 1.52. The van der Waals surface area contributed by atoms with E-state index in [-0.39, 0.29) is 35.6 Å². The second kappa shape index (κ2) is 8.81. The summed E-state index contributed by atoms with van der Waals surface area (Å²) in [5.74, 6) is -0.663. The third kappa shape index (κ3) is 5.55. The first-order chi connectivity index (χ1) is 14.1. The van der Waals surface area contributed by atoms with Crippen LogP contribution in [0.4, 0.5) is 9.18 Å². The normalized spacial score (nSPS) is 16.2. The Hall–Kier alpha value is -2.97. The van der Waals surface area contributed by atoms with Crippen LogP contribution in [0.15, 0.2) is 28.7 Å². The molecule has 0 saturated carbocycles. The van der Waals surface area contributed by atoms with E-state index in [9.17, 15) is 14.0 Å². The summed E-state index contributed by atoms with van der Waals surface area (Å²) in [6.07, 6.45) is -0.102. The number of benzene rings is 1. The van der Waals surface area contributed by atoms with Crippen LogP contribution in [-0.4, -0.2) is 45.9 Å². The molecular weight excluding hydrogens is 393 g/mol. The summed E-state index contributed by atoms with van der Waals surface area (Å²) in [6.45, 7) is 7.95. The van der Waals surface area contributed by atoms with Crippen LogP contribution in [0.5, 0.6) is 0 Å². The zero-order valence-electron chi connectivity index (χ0n) is 17.6. The summed E-state index contributed by atoms with van der Waals surface area (Å²) in [6, 6.07) is 5.65. The van der Waals surface area contributed by atoms with E-state index >= 15 is 0 Å². The summed E-state index contributed by atoms with van der Waals surface area (Å²) in [5.41, 5.74) is 0.0160. The molecule has 0 unspecified atom stereocenters. The SMILES string of the molecule is C[C@H](OC(=O)C1CCN(C(=O)OC(C)(C)C)CC1)c1nnc(-c2ccc(F)cc2)o1. The second-order valence-electron chi connectivity index (χ2n) is 8.27. The van der Waals surface area contributed by atoms with Gasteiger partial charge in [-0.2, -0.15) is 0 Å². The van der Waals surface area contributed by atoms with Crippen molar-refractivity contribution in [3.63, 3.8) is 0 Å². The maximum Gasteiger partial charge on any atom is 0.410 e. The monoisotopic (exact) mass is 419 g/mol. The van der Waals surface area contributed by atoms with Gasteiger partial charge >= 0.3 is 12.1 Å². The number of carbonyl (C=O) groups excluding carboxylic acids is 2. The number of amides is 1. The third-order valence-corrected chi connectivity index (χ3v) is 4.65. The molecular formula is C21H26FN3O5. The molecule has 0 aliphatic carbocycles. The molecule has 1 fully saturated rings. The highest BCUT2D eigenvalue weighted by Crippen LogP contribution is 2.26. The third-order valence-electron chi connectivity index (χ3n) is 4.65. The lowest BCUT2D eigenvalue weighted by Crippen LogP contribution is -2.43. The van der Waals surface area contributed by atoms with E-state index < -0.39 is 11.7 Å². The molecule has 1 aliphatic heterocycles. The highest BCUT2D eigenvalue weighted by Gasteiger charge is 2.32. The van der Waals surface area contributed by atoms with Gasteiger partial charge in [-0.3, -0.25) is 4.79 Å². The van der Waals surface area contributed by atoms with Gasteiger partial charge in [0.2, 0.25) is 5.89 Å². The van der Waals surface area contributed by atoms with Gasteiger partial charge in [0.05, 0.1) is 5.92 Å². The molecule has 1 aromatic heterocycles. The first kappa shape index (κ1) is 21.7. The number of piperidine rings is 1. The Bertz CT molecular complexity index is 883. The van der Waals surface area contributed by atoms with Gasteiger partial charge in [-0.1, -0.05) is 0 Å². The molecule has 1 saturated heterocycles. The van der Waals surface area contributed by atoms with E-state index in [1.165, 1.54) is 24.3 Å². The average Bonchev–Trinajstić information content (AvgIpc) is 3.17.